The maximum atomic E-state index is 10.3. The molecule has 0 aromatic heterocycles. The Morgan fingerprint density at radius 1 is 1.12 bits per heavy atom. The van der Waals surface area contributed by atoms with Crippen LogP contribution in [0.15, 0.2) is 34.9 Å². The summed E-state index contributed by atoms with van der Waals surface area (Å²) in [6.07, 6.45) is 10.4. The molecule has 3 aliphatic rings. The van der Waals surface area contributed by atoms with Gasteiger partial charge in [-0.05, 0) is 113 Å². The fraction of sp³-hybridized carbons (Fsp3) is 0.800. The van der Waals surface area contributed by atoms with Crippen molar-refractivity contribution in [1.82, 2.24) is 0 Å². The molecule has 3 unspecified atom stereocenters. The first-order valence-electron chi connectivity index (χ1n) is 13.3. The summed E-state index contributed by atoms with van der Waals surface area (Å²) in [6, 6.07) is 0. The highest BCUT2D eigenvalue weighted by Gasteiger charge is 2.53. The van der Waals surface area contributed by atoms with Gasteiger partial charge >= 0.3 is 0 Å². The second kappa shape index (κ2) is 9.63. The summed E-state index contributed by atoms with van der Waals surface area (Å²) in [4.78, 5) is 0. The molecule has 3 nitrogen and oxygen atoms in total. The molecule has 0 heterocycles. The van der Waals surface area contributed by atoms with Crippen LogP contribution in [0.2, 0.25) is 0 Å². The zero-order valence-electron chi connectivity index (χ0n) is 22.4. The molecule has 3 N–H and O–H groups in total. The monoisotopic (exact) mass is 458 g/mol. The van der Waals surface area contributed by atoms with E-state index in [2.05, 4.69) is 47.3 Å². The fourth-order valence-corrected chi connectivity index (χ4v) is 7.30. The van der Waals surface area contributed by atoms with E-state index in [9.17, 15) is 15.3 Å². The smallest absolute Gasteiger partial charge is 0.0809 e. The predicted molar refractivity (Wildman–Crippen MR) is 138 cm³/mol. The minimum Gasteiger partial charge on any atom is -0.390 e. The van der Waals surface area contributed by atoms with E-state index in [-0.39, 0.29) is 5.41 Å². The normalized spacial score (nSPS) is 35.9. The van der Waals surface area contributed by atoms with Gasteiger partial charge in [0.1, 0.15) is 0 Å². The lowest BCUT2D eigenvalue weighted by Crippen LogP contribution is -2.41. The van der Waals surface area contributed by atoms with Gasteiger partial charge in [0, 0.05) is 0 Å². The van der Waals surface area contributed by atoms with Crippen molar-refractivity contribution in [3.05, 3.63) is 34.9 Å². The van der Waals surface area contributed by atoms with Crippen molar-refractivity contribution >= 4 is 0 Å². The highest BCUT2D eigenvalue weighted by molar-refractivity contribution is 5.35. The maximum Gasteiger partial charge on any atom is 0.0809 e. The van der Waals surface area contributed by atoms with Crippen molar-refractivity contribution < 1.29 is 15.3 Å². The molecule has 188 valence electrons. The number of allylic oxidation sites excluding steroid dienone is 3. The minimum absolute atomic E-state index is 0.206. The number of hydrogen-bond acceptors (Lipinski definition) is 3. The fourth-order valence-electron chi connectivity index (χ4n) is 7.30. The van der Waals surface area contributed by atoms with E-state index in [0.717, 1.165) is 18.4 Å². The van der Waals surface area contributed by atoms with Crippen molar-refractivity contribution in [2.75, 3.05) is 0 Å². The highest BCUT2D eigenvalue weighted by Crippen LogP contribution is 2.62. The van der Waals surface area contributed by atoms with Crippen LogP contribution in [-0.4, -0.2) is 33.1 Å². The third kappa shape index (κ3) is 5.68. The first kappa shape index (κ1) is 26.7. The van der Waals surface area contributed by atoms with Gasteiger partial charge in [-0.2, -0.15) is 0 Å². The van der Waals surface area contributed by atoms with Crippen LogP contribution in [0.5, 0.6) is 0 Å². The van der Waals surface area contributed by atoms with Crippen molar-refractivity contribution in [1.29, 1.82) is 0 Å². The molecular formula is C30H50O3. The standard InChI is InChI=1S/C30H50O3/c1-19(16-22-17-26(31)20(2)27(32)18-22)23-10-9-13-30(8)24(11-12-25(23)30)21(3)28(4,5)14-15-29(6,7)33/h16,21,24-27,31-33H,2,9-15,17-18H2,1,3-8H3/b23-19+/t21?,24?,25?,26-,27-,30-/m1/s1. The van der Waals surface area contributed by atoms with Crippen LogP contribution in [-0.2, 0) is 0 Å². The molecule has 6 atom stereocenters. The van der Waals surface area contributed by atoms with Crippen molar-refractivity contribution in [2.45, 2.75) is 124 Å². The second-order valence-electron chi connectivity index (χ2n) is 13.2. The topological polar surface area (TPSA) is 60.7 Å². The zero-order valence-corrected chi connectivity index (χ0v) is 22.4. The summed E-state index contributed by atoms with van der Waals surface area (Å²) in [7, 11) is 0. The summed E-state index contributed by atoms with van der Waals surface area (Å²) in [6.45, 7) is 19.8. The van der Waals surface area contributed by atoms with Gasteiger partial charge in [0.2, 0.25) is 0 Å². The average molecular weight is 459 g/mol. The molecule has 3 saturated carbocycles. The molecule has 3 heteroatoms. The lowest BCUT2D eigenvalue weighted by atomic mass is 9.56. The number of rotatable bonds is 6. The molecule has 0 bridgehead atoms. The predicted octanol–water partition coefficient (Wildman–Crippen LogP) is 6.73. The SMILES string of the molecule is C=C1[C@H](O)CC(=C/C(C)=C2\CCC[C@@]3(C)C2CCC3C(C)C(C)(C)CCC(C)(C)O)C[C@H]1O. The van der Waals surface area contributed by atoms with Crippen LogP contribution < -0.4 is 0 Å². The summed E-state index contributed by atoms with van der Waals surface area (Å²) >= 11 is 0. The lowest BCUT2D eigenvalue weighted by molar-refractivity contribution is 0.0126. The van der Waals surface area contributed by atoms with Gasteiger partial charge in [-0.1, -0.05) is 57.1 Å². The Labute approximate surface area is 203 Å². The van der Waals surface area contributed by atoms with Crippen LogP contribution in [0.1, 0.15) is 106 Å². The molecule has 0 aromatic rings. The number of hydrogen-bond donors (Lipinski definition) is 3. The van der Waals surface area contributed by atoms with Gasteiger partial charge in [0.15, 0.2) is 0 Å². The van der Waals surface area contributed by atoms with Crippen LogP contribution in [0, 0.1) is 28.6 Å². The van der Waals surface area contributed by atoms with E-state index in [1.54, 1.807) is 5.57 Å². The second-order valence-corrected chi connectivity index (χ2v) is 13.2. The van der Waals surface area contributed by atoms with Gasteiger partial charge in [0.05, 0.1) is 17.8 Å². The first-order valence-corrected chi connectivity index (χ1v) is 13.3. The van der Waals surface area contributed by atoms with E-state index in [4.69, 9.17) is 0 Å². The van der Waals surface area contributed by atoms with Crippen molar-refractivity contribution in [3.8, 4) is 0 Å². The molecule has 33 heavy (non-hydrogen) atoms. The first-order chi connectivity index (χ1) is 15.2. The van der Waals surface area contributed by atoms with Crippen LogP contribution in [0.4, 0.5) is 0 Å². The molecule has 3 rings (SSSR count). The zero-order chi connectivity index (χ0) is 24.8. The van der Waals surface area contributed by atoms with E-state index in [1.807, 2.05) is 13.8 Å². The van der Waals surface area contributed by atoms with E-state index >= 15 is 0 Å². The maximum absolute atomic E-state index is 10.3. The molecule has 0 saturated heterocycles. The summed E-state index contributed by atoms with van der Waals surface area (Å²) in [5, 5.41) is 30.8. The van der Waals surface area contributed by atoms with Gasteiger partial charge in [-0.25, -0.2) is 0 Å². The van der Waals surface area contributed by atoms with E-state index < -0.39 is 17.8 Å². The largest absolute Gasteiger partial charge is 0.390 e. The average Bonchev–Trinajstić information content (AvgIpc) is 3.06. The van der Waals surface area contributed by atoms with E-state index in [1.165, 1.54) is 37.7 Å². The Balaban J connectivity index is 1.81. The van der Waals surface area contributed by atoms with Crippen LogP contribution >= 0.6 is 0 Å². The van der Waals surface area contributed by atoms with Gasteiger partial charge in [-0.3, -0.25) is 0 Å². The third-order valence-electron chi connectivity index (χ3n) is 9.90. The Morgan fingerprint density at radius 2 is 1.73 bits per heavy atom. The third-order valence-corrected chi connectivity index (χ3v) is 9.90. The summed E-state index contributed by atoms with van der Waals surface area (Å²) < 4.78 is 0. The Morgan fingerprint density at radius 3 is 2.30 bits per heavy atom. The van der Waals surface area contributed by atoms with Crippen molar-refractivity contribution in [3.63, 3.8) is 0 Å². The molecule has 0 amide bonds. The van der Waals surface area contributed by atoms with E-state index in [0.29, 0.717) is 41.6 Å². The Kier molecular flexibility index (Phi) is 7.79. The number of fused-ring (bicyclic) bond motifs is 1. The Bertz CT molecular complexity index is 780. The van der Waals surface area contributed by atoms with Gasteiger partial charge < -0.3 is 15.3 Å². The van der Waals surface area contributed by atoms with Crippen molar-refractivity contribution in [2.24, 2.45) is 28.6 Å². The van der Waals surface area contributed by atoms with Crippen LogP contribution in [0.3, 0.4) is 0 Å². The van der Waals surface area contributed by atoms with Gasteiger partial charge in [-0.15, -0.1) is 0 Å². The van der Waals surface area contributed by atoms with Gasteiger partial charge in [0.25, 0.3) is 0 Å². The molecule has 3 aliphatic carbocycles. The number of aliphatic hydroxyl groups is 3. The highest BCUT2D eigenvalue weighted by atomic mass is 16.3. The molecule has 0 aromatic carbocycles. The minimum atomic E-state index is -0.628. The molecule has 3 fully saturated rings. The molecular weight excluding hydrogens is 408 g/mol. The Hall–Kier alpha value is -0.900. The van der Waals surface area contributed by atoms with Crippen LogP contribution in [0.25, 0.3) is 0 Å². The quantitative estimate of drug-likeness (QED) is 0.387. The number of aliphatic hydroxyl groups excluding tert-OH is 2. The molecule has 0 radical (unpaired) electrons. The molecule has 0 spiro atoms. The summed E-state index contributed by atoms with van der Waals surface area (Å²) in [5.41, 5.74) is 4.63. The lowest BCUT2D eigenvalue weighted by Gasteiger charge is -2.48. The summed E-state index contributed by atoms with van der Waals surface area (Å²) in [5.74, 6) is 1.95. The molecule has 0 aliphatic heterocycles.